The number of aromatic nitrogens is 2. The predicted octanol–water partition coefficient (Wildman–Crippen LogP) is 1.13. The molecule has 1 N–H and O–H groups in total. The van der Waals surface area contributed by atoms with Gasteiger partial charge in [0.15, 0.2) is 0 Å². The van der Waals surface area contributed by atoms with Crippen LogP contribution in [0.2, 0.25) is 0 Å². The van der Waals surface area contributed by atoms with Crippen molar-refractivity contribution in [3.05, 3.63) is 12.4 Å². The molecule has 7 heteroatoms. The van der Waals surface area contributed by atoms with Crippen LogP contribution >= 0.6 is 0 Å². The van der Waals surface area contributed by atoms with E-state index < -0.39 is 0 Å². The van der Waals surface area contributed by atoms with Crippen molar-refractivity contribution >= 4 is 17.6 Å². The molecule has 0 bridgehead atoms. The van der Waals surface area contributed by atoms with Gasteiger partial charge in [0, 0.05) is 19.2 Å². The first-order valence-electron chi connectivity index (χ1n) is 6.76. The van der Waals surface area contributed by atoms with Crippen LogP contribution < -0.4 is 5.32 Å². The largest absolute Gasteiger partial charge is 0.466 e. The minimum Gasteiger partial charge on any atom is -0.466 e. The van der Waals surface area contributed by atoms with Crippen molar-refractivity contribution in [2.24, 2.45) is 0 Å². The van der Waals surface area contributed by atoms with Gasteiger partial charge >= 0.3 is 5.97 Å². The van der Waals surface area contributed by atoms with Gasteiger partial charge < -0.3 is 14.8 Å². The van der Waals surface area contributed by atoms with Gasteiger partial charge in [-0.1, -0.05) is 0 Å². The number of anilines is 1. The molecule has 1 fully saturated rings. The molecule has 1 aromatic rings. The van der Waals surface area contributed by atoms with Crippen molar-refractivity contribution in [3.63, 3.8) is 0 Å². The lowest BCUT2D eigenvalue weighted by Gasteiger charge is -2.07. The second kappa shape index (κ2) is 7.04. The summed E-state index contributed by atoms with van der Waals surface area (Å²) in [5.41, 5.74) is 0.630. The first kappa shape index (κ1) is 14.5. The number of carbonyl (C=O) groups is 2. The Labute approximate surface area is 117 Å². The first-order valence-corrected chi connectivity index (χ1v) is 6.76. The molecular weight excluding hydrogens is 262 g/mol. The number of nitrogens with zero attached hydrogens (tertiary/aromatic N) is 2. The fourth-order valence-electron chi connectivity index (χ4n) is 2.01. The highest BCUT2D eigenvalue weighted by Gasteiger charge is 2.18. The average molecular weight is 281 g/mol. The van der Waals surface area contributed by atoms with Crippen molar-refractivity contribution in [1.82, 2.24) is 9.78 Å². The van der Waals surface area contributed by atoms with Crippen LogP contribution in [0.5, 0.6) is 0 Å². The smallest absolute Gasteiger partial charge is 0.306 e. The highest BCUT2D eigenvalue weighted by Crippen LogP contribution is 2.19. The van der Waals surface area contributed by atoms with Gasteiger partial charge in [0.2, 0.25) is 5.91 Å². The number of amides is 1. The molecule has 0 saturated carbocycles. The molecule has 1 aromatic heterocycles. The van der Waals surface area contributed by atoms with Crippen LogP contribution in [0.3, 0.4) is 0 Å². The summed E-state index contributed by atoms with van der Waals surface area (Å²) in [6.45, 7) is 3.46. The molecule has 20 heavy (non-hydrogen) atoms. The summed E-state index contributed by atoms with van der Waals surface area (Å²) in [6.07, 6.45) is 4.50. The normalized spacial score (nSPS) is 17.9. The van der Waals surface area contributed by atoms with Gasteiger partial charge in [-0.15, -0.1) is 0 Å². The lowest BCUT2D eigenvalue weighted by molar-refractivity contribution is -0.144. The van der Waals surface area contributed by atoms with Crippen LogP contribution in [0, 0.1) is 0 Å². The van der Waals surface area contributed by atoms with Crippen LogP contribution in [0.25, 0.3) is 0 Å². The lowest BCUT2D eigenvalue weighted by Crippen LogP contribution is -2.14. The summed E-state index contributed by atoms with van der Waals surface area (Å²) >= 11 is 0. The highest BCUT2D eigenvalue weighted by atomic mass is 16.5. The van der Waals surface area contributed by atoms with Crippen molar-refractivity contribution in [1.29, 1.82) is 0 Å². The molecular formula is C13H19N3O4. The van der Waals surface area contributed by atoms with Crippen LogP contribution in [0.4, 0.5) is 5.69 Å². The molecule has 1 saturated heterocycles. The second-order valence-electron chi connectivity index (χ2n) is 4.58. The molecule has 1 amide bonds. The van der Waals surface area contributed by atoms with E-state index in [1.807, 2.05) is 0 Å². The quantitative estimate of drug-likeness (QED) is 0.790. The zero-order chi connectivity index (χ0) is 14.4. The number of carbonyl (C=O) groups excluding carboxylic acids is 2. The van der Waals surface area contributed by atoms with Crippen LogP contribution in [0.1, 0.15) is 32.2 Å². The van der Waals surface area contributed by atoms with Crippen LogP contribution in [-0.2, 0) is 19.1 Å². The SMILES string of the molecule is CCOC(=O)CCC(=O)Nc1cnn([C@H]2CCOC2)c1. The molecule has 0 aromatic carbocycles. The second-order valence-corrected chi connectivity index (χ2v) is 4.58. The van der Waals surface area contributed by atoms with E-state index in [0.29, 0.717) is 18.9 Å². The Bertz CT molecular complexity index is 466. The van der Waals surface area contributed by atoms with Gasteiger partial charge in [-0.05, 0) is 13.3 Å². The Balaban J connectivity index is 1.78. The van der Waals surface area contributed by atoms with E-state index >= 15 is 0 Å². The van der Waals surface area contributed by atoms with Crippen LogP contribution in [-0.4, -0.2) is 41.5 Å². The minimum atomic E-state index is -0.360. The summed E-state index contributed by atoms with van der Waals surface area (Å²) in [7, 11) is 0. The van der Waals surface area contributed by atoms with Gasteiger partial charge in [-0.25, -0.2) is 0 Å². The maximum Gasteiger partial charge on any atom is 0.306 e. The zero-order valence-electron chi connectivity index (χ0n) is 11.5. The van der Waals surface area contributed by atoms with Gasteiger partial charge in [-0.2, -0.15) is 5.10 Å². The third-order valence-corrected chi connectivity index (χ3v) is 3.03. The lowest BCUT2D eigenvalue weighted by atomic mass is 10.3. The highest BCUT2D eigenvalue weighted by molar-refractivity contribution is 5.92. The third kappa shape index (κ3) is 4.06. The van der Waals surface area contributed by atoms with E-state index in [1.165, 1.54) is 0 Å². The number of hydrogen-bond donors (Lipinski definition) is 1. The fraction of sp³-hybridized carbons (Fsp3) is 0.615. The van der Waals surface area contributed by atoms with Crippen LogP contribution in [0.15, 0.2) is 12.4 Å². The molecule has 2 rings (SSSR count). The topological polar surface area (TPSA) is 82.5 Å². The Hall–Kier alpha value is -1.89. The Morgan fingerprint density at radius 1 is 1.55 bits per heavy atom. The molecule has 0 unspecified atom stereocenters. The van der Waals surface area contributed by atoms with Crippen molar-refractivity contribution in [3.8, 4) is 0 Å². The molecule has 110 valence electrons. The van der Waals surface area contributed by atoms with E-state index in [2.05, 4.69) is 10.4 Å². The molecule has 2 heterocycles. The third-order valence-electron chi connectivity index (χ3n) is 3.03. The molecule has 1 atom stereocenters. The summed E-state index contributed by atoms with van der Waals surface area (Å²) in [5, 5.41) is 6.92. The monoisotopic (exact) mass is 281 g/mol. The number of esters is 1. The molecule has 1 aliphatic rings. The van der Waals surface area contributed by atoms with Crippen molar-refractivity contribution in [2.75, 3.05) is 25.1 Å². The Kier molecular flexibility index (Phi) is 5.11. The maximum atomic E-state index is 11.7. The average Bonchev–Trinajstić information content (AvgIpc) is 3.07. The van der Waals surface area contributed by atoms with Crippen molar-refractivity contribution < 1.29 is 19.1 Å². The van der Waals surface area contributed by atoms with Gasteiger partial charge in [0.25, 0.3) is 0 Å². The predicted molar refractivity (Wildman–Crippen MR) is 71.2 cm³/mol. The summed E-state index contributed by atoms with van der Waals surface area (Å²) in [5.74, 6) is -0.582. The number of hydrogen-bond acceptors (Lipinski definition) is 5. The standard InChI is InChI=1S/C13H19N3O4/c1-2-20-13(18)4-3-12(17)15-10-7-14-16(8-10)11-5-6-19-9-11/h7-8,11H,2-6,9H2,1H3,(H,15,17)/t11-/m0/s1. The molecule has 0 aliphatic carbocycles. The minimum absolute atomic E-state index is 0.0876. The van der Waals surface area contributed by atoms with Gasteiger partial charge in [0.1, 0.15) is 0 Å². The van der Waals surface area contributed by atoms with E-state index in [1.54, 1.807) is 24.0 Å². The number of ether oxygens (including phenoxy) is 2. The maximum absolute atomic E-state index is 11.7. The Morgan fingerprint density at radius 3 is 3.10 bits per heavy atom. The first-order chi connectivity index (χ1) is 9.69. The molecule has 1 aliphatic heterocycles. The molecule has 7 nitrogen and oxygen atoms in total. The summed E-state index contributed by atoms with van der Waals surface area (Å²) in [6, 6.07) is 0.236. The van der Waals surface area contributed by atoms with Crippen molar-refractivity contribution in [2.45, 2.75) is 32.2 Å². The Morgan fingerprint density at radius 2 is 2.40 bits per heavy atom. The summed E-state index contributed by atoms with van der Waals surface area (Å²) < 4.78 is 11.9. The number of rotatable bonds is 6. The molecule has 0 radical (unpaired) electrons. The van der Waals surface area contributed by atoms with E-state index in [-0.39, 0.29) is 30.8 Å². The van der Waals surface area contributed by atoms with Gasteiger partial charge in [0.05, 0.1) is 37.6 Å². The zero-order valence-corrected chi connectivity index (χ0v) is 11.5. The van der Waals surface area contributed by atoms with E-state index in [0.717, 1.165) is 13.0 Å². The van der Waals surface area contributed by atoms with E-state index in [4.69, 9.17) is 9.47 Å². The van der Waals surface area contributed by atoms with E-state index in [9.17, 15) is 9.59 Å². The molecule has 0 spiro atoms. The summed E-state index contributed by atoms with van der Waals surface area (Å²) in [4.78, 5) is 22.8. The number of nitrogens with one attached hydrogen (secondary N) is 1. The fourth-order valence-corrected chi connectivity index (χ4v) is 2.01. The van der Waals surface area contributed by atoms with Gasteiger partial charge in [-0.3, -0.25) is 14.3 Å².